The van der Waals surface area contributed by atoms with E-state index in [1.807, 2.05) is 121 Å². The van der Waals surface area contributed by atoms with Crippen LogP contribution in [0.2, 0.25) is 0 Å². The maximum Gasteiger partial charge on any atom is 0.306 e. The molecule has 1 aliphatic rings. The highest BCUT2D eigenvalue weighted by Gasteiger charge is 2.44. The van der Waals surface area contributed by atoms with Gasteiger partial charge in [0.15, 0.2) is 0 Å². The monoisotopic (exact) mass is 1040 g/mol. The minimum absolute atomic E-state index is 0.0230. The topological polar surface area (TPSA) is 181 Å². The first-order valence-electron chi connectivity index (χ1n) is 26.2. The zero-order chi connectivity index (χ0) is 54.9. The number of carboxylic acid groups (broad SMARTS) is 1. The van der Waals surface area contributed by atoms with Crippen molar-refractivity contribution >= 4 is 40.8 Å². The second-order valence-corrected chi connectivity index (χ2v) is 18.9. The Bertz CT molecular complexity index is 2460. The molecular formula is C60H78N6O10. The first kappa shape index (κ1) is 59.6. The van der Waals surface area contributed by atoms with Crippen molar-refractivity contribution in [1.82, 2.24) is 15.1 Å². The Labute approximate surface area is 449 Å². The first-order valence-corrected chi connectivity index (χ1v) is 26.2. The number of hydrogen-bond acceptors (Lipinski definition) is 13. The fourth-order valence-corrected chi connectivity index (χ4v) is 8.89. The number of azo groups is 1. The number of benzene rings is 5. The number of piperidine rings is 1. The van der Waals surface area contributed by atoms with Crippen LogP contribution in [0, 0.1) is 5.41 Å². The Morgan fingerprint density at radius 2 is 1.09 bits per heavy atom. The number of likely N-dealkylation sites (tertiary alicyclic amines) is 1. The van der Waals surface area contributed by atoms with Gasteiger partial charge in [-0.3, -0.25) is 19.2 Å². The van der Waals surface area contributed by atoms with E-state index < -0.39 is 23.0 Å². The third-order valence-corrected chi connectivity index (χ3v) is 13.8. The molecule has 0 unspecified atom stereocenters. The van der Waals surface area contributed by atoms with Crippen LogP contribution in [0.3, 0.4) is 0 Å². The quantitative estimate of drug-likeness (QED) is 0.0220. The zero-order valence-electron chi connectivity index (χ0n) is 45.7. The fourth-order valence-electron chi connectivity index (χ4n) is 8.89. The van der Waals surface area contributed by atoms with Crippen molar-refractivity contribution in [3.05, 3.63) is 144 Å². The minimum atomic E-state index is -1.19. The lowest BCUT2D eigenvalue weighted by Crippen LogP contribution is -2.49. The van der Waals surface area contributed by atoms with Gasteiger partial charge in [-0.1, -0.05) is 63.6 Å². The molecule has 0 spiro atoms. The average Bonchev–Trinajstić information content (AvgIpc) is 3.46. The Hall–Kier alpha value is -7.30. The van der Waals surface area contributed by atoms with E-state index in [2.05, 4.69) is 41.2 Å². The number of nitrogens with one attached hydrogen (secondary N) is 1. The fraction of sp³-hybridized carbons (Fsp3) is 0.433. The van der Waals surface area contributed by atoms with Gasteiger partial charge in [0, 0.05) is 56.8 Å². The molecule has 16 nitrogen and oxygen atoms in total. The van der Waals surface area contributed by atoms with Crippen LogP contribution in [0.15, 0.2) is 132 Å². The molecule has 0 aromatic heterocycles. The molecule has 76 heavy (non-hydrogen) atoms. The van der Waals surface area contributed by atoms with Crippen molar-refractivity contribution in [2.24, 2.45) is 15.6 Å². The molecule has 1 heterocycles. The molecule has 0 aliphatic carbocycles. The highest BCUT2D eigenvalue weighted by atomic mass is 16.5. The summed E-state index contributed by atoms with van der Waals surface area (Å²) in [4.78, 5) is 56.9. The number of methoxy groups -OCH3 is 3. The van der Waals surface area contributed by atoms with Gasteiger partial charge in [-0.05, 0) is 147 Å². The summed E-state index contributed by atoms with van der Waals surface area (Å²) in [6, 6.07) is 37.7. The molecule has 2 amide bonds. The van der Waals surface area contributed by atoms with Crippen molar-refractivity contribution in [2.45, 2.75) is 77.7 Å². The Morgan fingerprint density at radius 1 is 0.618 bits per heavy atom. The molecule has 0 atom stereocenters. The molecule has 2 N–H and O–H groups in total. The van der Waals surface area contributed by atoms with Gasteiger partial charge in [0.25, 0.3) is 5.91 Å². The third-order valence-electron chi connectivity index (χ3n) is 13.8. The molecular weight excluding hydrogens is 965 g/mol. The van der Waals surface area contributed by atoms with Crippen LogP contribution >= 0.6 is 0 Å². The molecule has 0 saturated carbocycles. The highest BCUT2D eigenvalue weighted by Crippen LogP contribution is 2.45. The molecule has 408 valence electrons. The minimum Gasteiger partial charge on any atom is -0.497 e. The lowest BCUT2D eigenvalue weighted by atomic mass is 9.77. The van der Waals surface area contributed by atoms with Crippen LogP contribution in [-0.4, -0.2) is 127 Å². The summed E-state index contributed by atoms with van der Waals surface area (Å²) >= 11 is 0. The summed E-state index contributed by atoms with van der Waals surface area (Å²) < 4.78 is 29.7. The number of nitrogens with zero attached hydrogens (tertiary/aromatic N) is 5. The number of aliphatic carboxylic acids is 1. The Balaban J connectivity index is 0.00000142. The van der Waals surface area contributed by atoms with Crippen LogP contribution in [0.1, 0.15) is 99.2 Å². The second kappa shape index (κ2) is 30.3. The van der Waals surface area contributed by atoms with Crippen molar-refractivity contribution < 1.29 is 48.0 Å². The van der Waals surface area contributed by atoms with E-state index >= 15 is 0 Å². The van der Waals surface area contributed by atoms with E-state index in [4.69, 9.17) is 23.7 Å². The van der Waals surface area contributed by atoms with Crippen LogP contribution < -0.4 is 24.4 Å². The van der Waals surface area contributed by atoms with Crippen molar-refractivity contribution in [3.63, 3.8) is 0 Å². The number of hydrogen-bond donors (Lipinski definition) is 2. The van der Waals surface area contributed by atoms with Gasteiger partial charge in [-0.25, -0.2) is 0 Å². The SMILES string of the molecule is CCN(CC)CC.COc1ccc(C(OCC2(COC(=O)CCC(=O)O)CCN(C(=O)CCCCCNC(=O)c3ccc(N=Nc4ccc(N(C)C)cc4)cc3)CC2)(c2ccc(OC)cc2)c2ccc(OC)cc2)cc1. The van der Waals surface area contributed by atoms with Crippen LogP contribution in [0.25, 0.3) is 0 Å². The molecule has 5 aromatic rings. The summed E-state index contributed by atoms with van der Waals surface area (Å²) in [5, 5.41) is 20.8. The number of esters is 1. The standard InChI is InChI=1S/C54H63N5O10.C6H15N/c1-58(2)45-22-20-44(21-23-45)57-56-43-18-10-39(11-19-43)52(64)55-34-8-6-7-9-49(60)59-35-32-53(33-36-59,37-68-51(63)31-30-50(61)62)38-69-54(40-12-24-46(65-3)25-13-40,41-14-26-47(66-4)27-15-41)42-16-28-48(67-5)29-17-42;1-4-7(5-2)6-3/h10-29H,6-9,30-38H2,1-5H3,(H,55,64)(H,61,62);4-6H2,1-3H3. The van der Waals surface area contributed by atoms with E-state index in [0.717, 1.165) is 34.5 Å². The number of ether oxygens (including phenoxy) is 5. The summed E-state index contributed by atoms with van der Waals surface area (Å²) in [6.45, 7) is 11.5. The summed E-state index contributed by atoms with van der Waals surface area (Å²) in [5.74, 6) is 0.158. The number of anilines is 1. The van der Waals surface area contributed by atoms with E-state index in [1.54, 1.807) is 45.6 Å². The summed E-state index contributed by atoms with van der Waals surface area (Å²) in [6.07, 6.45) is 2.81. The summed E-state index contributed by atoms with van der Waals surface area (Å²) in [7, 11) is 8.78. The Morgan fingerprint density at radius 3 is 1.51 bits per heavy atom. The first-order chi connectivity index (χ1) is 36.7. The molecule has 0 radical (unpaired) electrons. The largest absolute Gasteiger partial charge is 0.497 e. The van der Waals surface area contributed by atoms with Gasteiger partial charge in [0.1, 0.15) is 22.8 Å². The summed E-state index contributed by atoms with van der Waals surface area (Å²) in [5.41, 5.74) is 3.49. The maximum atomic E-state index is 13.6. The van der Waals surface area contributed by atoms with Gasteiger partial charge in [0.2, 0.25) is 5.91 Å². The van der Waals surface area contributed by atoms with Gasteiger partial charge in [0.05, 0.1) is 58.8 Å². The Kier molecular flexibility index (Phi) is 23.8. The normalized spacial score (nSPS) is 13.1. The number of rotatable bonds is 27. The van der Waals surface area contributed by atoms with E-state index in [9.17, 15) is 24.3 Å². The van der Waals surface area contributed by atoms with E-state index in [-0.39, 0.29) is 37.9 Å². The lowest BCUT2D eigenvalue weighted by molar-refractivity contribution is -0.157. The van der Waals surface area contributed by atoms with Gasteiger partial charge >= 0.3 is 11.9 Å². The molecule has 1 fully saturated rings. The molecule has 6 rings (SSSR count). The molecule has 16 heteroatoms. The predicted octanol–water partition coefficient (Wildman–Crippen LogP) is 10.9. The van der Waals surface area contributed by atoms with Crippen molar-refractivity contribution in [3.8, 4) is 17.2 Å². The van der Waals surface area contributed by atoms with Crippen molar-refractivity contribution in [2.75, 3.05) is 92.8 Å². The predicted molar refractivity (Wildman–Crippen MR) is 297 cm³/mol. The number of carbonyl (C=O) groups excluding carboxylic acids is 3. The number of unbranched alkanes of at least 4 members (excludes halogenated alkanes) is 2. The van der Waals surface area contributed by atoms with Gasteiger partial charge in [-0.15, -0.1) is 0 Å². The molecule has 1 saturated heterocycles. The third kappa shape index (κ3) is 17.4. The van der Waals surface area contributed by atoms with Crippen molar-refractivity contribution in [1.29, 1.82) is 0 Å². The number of carbonyl (C=O) groups is 4. The lowest BCUT2D eigenvalue weighted by Gasteiger charge is -2.44. The zero-order valence-corrected chi connectivity index (χ0v) is 45.7. The van der Waals surface area contributed by atoms with Crippen LogP contribution in [0.4, 0.5) is 17.1 Å². The maximum absolute atomic E-state index is 13.6. The number of carboxylic acids is 1. The molecule has 1 aliphatic heterocycles. The molecule has 0 bridgehead atoms. The van der Waals surface area contributed by atoms with Gasteiger partial charge < -0.3 is 48.8 Å². The number of amides is 2. The van der Waals surface area contributed by atoms with Crippen LogP contribution in [-0.2, 0) is 29.5 Å². The highest BCUT2D eigenvalue weighted by molar-refractivity contribution is 5.94. The van der Waals surface area contributed by atoms with E-state index in [0.29, 0.717) is 80.2 Å². The molecule has 5 aromatic carbocycles. The second-order valence-electron chi connectivity index (χ2n) is 18.9. The van der Waals surface area contributed by atoms with E-state index in [1.165, 1.54) is 19.6 Å². The van der Waals surface area contributed by atoms with Gasteiger partial charge in [-0.2, -0.15) is 10.2 Å². The smallest absolute Gasteiger partial charge is 0.306 e. The van der Waals surface area contributed by atoms with Crippen LogP contribution in [0.5, 0.6) is 17.2 Å². The average molecular weight is 1040 g/mol.